The third-order valence-corrected chi connectivity index (χ3v) is 1.65. The van der Waals surface area contributed by atoms with Gasteiger partial charge in [-0.25, -0.2) is 5.46 Å². The summed E-state index contributed by atoms with van der Waals surface area (Å²) in [4.78, 5) is 2.29. The van der Waals surface area contributed by atoms with Gasteiger partial charge in [-0.05, 0) is 0 Å². The topological polar surface area (TPSA) is 3.24 Å². The first-order chi connectivity index (χ1) is 4.79. The van der Waals surface area contributed by atoms with Crippen LogP contribution in [0.5, 0.6) is 0 Å². The van der Waals surface area contributed by atoms with Crippen LogP contribution in [-0.2, 0) is 0 Å². The highest BCUT2D eigenvalue weighted by Crippen LogP contribution is 1.81. The molecule has 0 heterocycles. The van der Waals surface area contributed by atoms with E-state index in [2.05, 4.69) is 49.2 Å². The summed E-state index contributed by atoms with van der Waals surface area (Å²) in [6.45, 7) is 0. The second kappa shape index (κ2) is 3.42. The van der Waals surface area contributed by atoms with Crippen molar-refractivity contribution in [1.82, 2.24) is 4.81 Å². The second-order valence-electron chi connectivity index (χ2n) is 3.22. The Balaban J connectivity index is 2.59. The summed E-state index contributed by atoms with van der Waals surface area (Å²) < 4.78 is 0. The van der Waals surface area contributed by atoms with Gasteiger partial charge in [-0.2, -0.15) is 0 Å². The average molecular weight is 134 g/mol. The molecule has 0 aromatic heterocycles. The molecule has 1 aromatic carbocycles. The van der Waals surface area contributed by atoms with Crippen LogP contribution >= 0.6 is 0 Å². The van der Waals surface area contributed by atoms with Crippen LogP contribution in [0.3, 0.4) is 0 Å². The Morgan fingerprint density at radius 3 is 2.20 bits per heavy atom. The summed E-state index contributed by atoms with van der Waals surface area (Å²) in [5, 5.41) is 0. The second-order valence-corrected chi connectivity index (χ2v) is 3.22. The molecule has 0 spiro atoms. The van der Waals surface area contributed by atoms with Crippen molar-refractivity contribution >= 4 is 12.9 Å². The van der Waals surface area contributed by atoms with Crippen LogP contribution in [0.4, 0.5) is 0 Å². The number of benzene rings is 1. The van der Waals surface area contributed by atoms with Crippen molar-refractivity contribution in [2.24, 2.45) is 0 Å². The van der Waals surface area contributed by atoms with E-state index in [0.29, 0.717) is 0 Å². The lowest BCUT2D eigenvalue weighted by Gasteiger charge is -2.17. The molecule has 0 saturated carbocycles. The Kier molecular flexibility index (Phi) is 2.52. The lowest BCUT2D eigenvalue weighted by Crippen LogP contribution is -2.28. The van der Waals surface area contributed by atoms with E-state index in [1.807, 2.05) is 0 Å². The molecule has 0 amide bonds. The summed E-state index contributed by atoms with van der Waals surface area (Å²) in [7, 11) is 4.24. The molecule has 0 radical (unpaired) electrons. The molecule has 0 aliphatic carbocycles. The molecule has 0 bridgehead atoms. The maximum atomic E-state index is 2.29. The zero-order chi connectivity index (χ0) is 7.40. The van der Waals surface area contributed by atoms with Gasteiger partial charge in [0.25, 0.3) is 0 Å². The summed E-state index contributed by atoms with van der Waals surface area (Å²) in [6.07, 6.45) is 0. The maximum Gasteiger partial charge on any atom is 0.0588 e. The molecule has 0 unspecified atom stereocenters. The summed E-state index contributed by atoms with van der Waals surface area (Å²) in [5.74, 6) is 0. The first-order valence-electron chi connectivity index (χ1n) is 3.75. The fourth-order valence-electron chi connectivity index (χ4n) is 1.20. The van der Waals surface area contributed by atoms with Gasteiger partial charge in [-0.3, -0.25) is 0 Å². The van der Waals surface area contributed by atoms with Gasteiger partial charge in [0.1, 0.15) is 0 Å². The minimum atomic E-state index is -0.0261. The molecule has 1 aromatic rings. The molecule has 0 aliphatic rings. The number of hydrogen-bond acceptors (Lipinski definition) is 1. The van der Waals surface area contributed by atoms with Crippen LogP contribution in [0.1, 0.15) is 0 Å². The number of rotatable bonds is 2. The Morgan fingerprint density at radius 1 is 1.10 bits per heavy atom. The first kappa shape index (κ1) is 7.35. The largest absolute Gasteiger partial charge is 0.481 e. The summed E-state index contributed by atoms with van der Waals surface area (Å²) in [5.41, 5.74) is 1.49. The molecule has 0 aliphatic heterocycles. The molecule has 1 nitrogen and oxygen atoms in total. The quantitative estimate of drug-likeness (QED) is 0.513. The average Bonchev–Trinajstić information content (AvgIpc) is 1.88. The Hall–Kier alpha value is -0.755. The lowest BCUT2D eigenvalue weighted by molar-refractivity contribution is 0.669. The van der Waals surface area contributed by atoms with Gasteiger partial charge in [0.15, 0.2) is 0 Å². The van der Waals surface area contributed by atoms with E-state index in [0.717, 1.165) is 0 Å². The molecule has 2 heteroatoms. The molecular weight excluding hydrogens is 121 g/mol. The van der Waals surface area contributed by atoms with Gasteiger partial charge in [0, 0.05) is 0 Å². The molecule has 10 heavy (non-hydrogen) atoms. The molecular formula is C8H13BN-. The maximum absolute atomic E-state index is 2.29. The van der Waals surface area contributed by atoms with E-state index >= 15 is 0 Å². The fraction of sp³-hybridized carbons (Fsp3) is 0.250. The SMILES string of the molecule is CN(C)[BH2-]c1ccccc1. The van der Waals surface area contributed by atoms with Crippen LogP contribution in [0.25, 0.3) is 0 Å². The Morgan fingerprint density at radius 2 is 1.70 bits per heavy atom. The van der Waals surface area contributed by atoms with Crippen molar-refractivity contribution < 1.29 is 0 Å². The number of nitrogens with zero attached hydrogens (tertiary/aromatic N) is 1. The van der Waals surface area contributed by atoms with Gasteiger partial charge in [0.05, 0.1) is 7.41 Å². The van der Waals surface area contributed by atoms with Crippen molar-refractivity contribution in [3.8, 4) is 0 Å². The van der Waals surface area contributed by atoms with Crippen LogP contribution in [0.2, 0.25) is 0 Å². The third kappa shape index (κ3) is 2.23. The number of hydrogen-bond donors (Lipinski definition) is 0. The summed E-state index contributed by atoms with van der Waals surface area (Å²) >= 11 is 0. The third-order valence-electron chi connectivity index (χ3n) is 1.65. The van der Waals surface area contributed by atoms with Crippen molar-refractivity contribution in [3.63, 3.8) is 0 Å². The predicted octanol–water partition coefficient (Wildman–Crippen LogP) is -0.0427. The highest BCUT2D eigenvalue weighted by molar-refractivity contribution is 6.50. The predicted molar refractivity (Wildman–Crippen MR) is 48.3 cm³/mol. The summed E-state index contributed by atoms with van der Waals surface area (Å²) in [6, 6.07) is 10.6. The molecule has 1 rings (SSSR count). The highest BCUT2D eigenvalue weighted by Gasteiger charge is 1.83. The van der Waals surface area contributed by atoms with Crippen LogP contribution in [0.15, 0.2) is 30.3 Å². The van der Waals surface area contributed by atoms with Gasteiger partial charge in [0.2, 0.25) is 0 Å². The van der Waals surface area contributed by atoms with E-state index in [4.69, 9.17) is 0 Å². The van der Waals surface area contributed by atoms with Crippen LogP contribution < -0.4 is 5.46 Å². The smallest absolute Gasteiger partial charge is 0.0588 e. The lowest BCUT2D eigenvalue weighted by atomic mass is 9.82. The van der Waals surface area contributed by atoms with Gasteiger partial charge in [-0.15, -0.1) is 0 Å². The van der Waals surface area contributed by atoms with Crippen molar-refractivity contribution in [3.05, 3.63) is 30.3 Å². The van der Waals surface area contributed by atoms with Gasteiger partial charge >= 0.3 is 0 Å². The Bertz CT molecular complexity index is 184. The van der Waals surface area contributed by atoms with E-state index in [1.165, 1.54) is 5.46 Å². The van der Waals surface area contributed by atoms with E-state index in [-0.39, 0.29) is 7.41 Å². The van der Waals surface area contributed by atoms with Crippen LogP contribution in [-0.4, -0.2) is 26.3 Å². The molecule has 0 N–H and O–H groups in total. The van der Waals surface area contributed by atoms with Gasteiger partial charge in [-0.1, -0.05) is 44.4 Å². The van der Waals surface area contributed by atoms with Crippen molar-refractivity contribution in [1.29, 1.82) is 0 Å². The molecule has 54 valence electrons. The standard InChI is InChI=1S/C8H13BN/c1-10(2)9-8-6-4-3-5-7-8/h3-7H,9H2,1-2H3/q-1. The fourth-order valence-corrected chi connectivity index (χ4v) is 1.20. The molecule has 0 fully saturated rings. The zero-order valence-corrected chi connectivity index (χ0v) is 6.83. The van der Waals surface area contributed by atoms with E-state index in [1.54, 1.807) is 0 Å². The van der Waals surface area contributed by atoms with Crippen LogP contribution in [0, 0.1) is 0 Å². The van der Waals surface area contributed by atoms with E-state index in [9.17, 15) is 0 Å². The molecule has 0 atom stereocenters. The van der Waals surface area contributed by atoms with Gasteiger partial charge < -0.3 is 4.81 Å². The minimum absolute atomic E-state index is 0.0261. The highest BCUT2D eigenvalue weighted by atomic mass is 15.0. The first-order valence-corrected chi connectivity index (χ1v) is 3.75. The normalized spacial score (nSPS) is 10.3. The monoisotopic (exact) mass is 134 g/mol. The molecule has 0 saturated heterocycles. The van der Waals surface area contributed by atoms with Crippen molar-refractivity contribution in [2.45, 2.75) is 0 Å². The Labute approximate surface area is 62.9 Å². The van der Waals surface area contributed by atoms with Crippen molar-refractivity contribution in [2.75, 3.05) is 14.1 Å². The minimum Gasteiger partial charge on any atom is -0.481 e. The zero-order valence-electron chi connectivity index (χ0n) is 6.83. The van der Waals surface area contributed by atoms with E-state index < -0.39 is 0 Å².